The van der Waals surface area contributed by atoms with Gasteiger partial charge in [-0.05, 0) is 39.3 Å². The standard InChI is InChI=1S/C8H20O2Si2/c1-11(2,3)9-7-8-10-12(4,5)6/h7-8H,1-6H3. The fourth-order valence-electron chi connectivity index (χ4n) is 0.464. The van der Waals surface area contributed by atoms with Crippen molar-refractivity contribution >= 4 is 16.6 Å². The fraction of sp³-hybridized carbons (Fsp3) is 0.750. The van der Waals surface area contributed by atoms with Crippen LogP contribution < -0.4 is 0 Å². The minimum absolute atomic E-state index is 1.40. The van der Waals surface area contributed by atoms with Crippen LogP contribution in [0, 0.1) is 0 Å². The predicted octanol–water partition coefficient (Wildman–Crippen LogP) is 3.16. The first-order valence-corrected chi connectivity index (χ1v) is 11.0. The lowest BCUT2D eigenvalue weighted by molar-refractivity contribution is 0.418. The van der Waals surface area contributed by atoms with E-state index < -0.39 is 16.6 Å². The van der Waals surface area contributed by atoms with Gasteiger partial charge in [0.15, 0.2) is 0 Å². The molecule has 0 fully saturated rings. The molecule has 0 spiro atoms. The third-order valence-electron chi connectivity index (χ3n) is 0.899. The van der Waals surface area contributed by atoms with Gasteiger partial charge in [-0.1, -0.05) is 0 Å². The summed E-state index contributed by atoms with van der Waals surface area (Å²) in [5.41, 5.74) is 0. The second-order valence-corrected chi connectivity index (χ2v) is 13.7. The van der Waals surface area contributed by atoms with Crippen LogP contribution in [-0.4, -0.2) is 16.6 Å². The Balaban J connectivity index is 3.66. The molecule has 72 valence electrons. The van der Waals surface area contributed by atoms with Gasteiger partial charge in [0.05, 0.1) is 12.5 Å². The van der Waals surface area contributed by atoms with Crippen LogP contribution in [0.25, 0.3) is 0 Å². The predicted molar refractivity (Wildman–Crippen MR) is 58.0 cm³/mol. The van der Waals surface area contributed by atoms with Gasteiger partial charge < -0.3 is 8.85 Å². The fourth-order valence-corrected chi connectivity index (χ4v) is 1.39. The van der Waals surface area contributed by atoms with Gasteiger partial charge in [-0.25, -0.2) is 0 Å². The van der Waals surface area contributed by atoms with Gasteiger partial charge in [-0.3, -0.25) is 0 Å². The maximum Gasteiger partial charge on any atom is 0.241 e. The van der Waals surface area contributed by atoms with E-state index in [-0.39, 0.29) is 0 Å². The van der Waals surface area contributed by atoms with Gasteiger partial charge in [0, 0.05) is 0 Å². The minimum atomic E-state index is -1.40. The summed E-state index contributed by atoms with van der Waals surface area (Å²) in [6.07, 6.45) is 3.37. The Morgan fingerprint density at radius 3 is 1.08 bits per heavy atom. The van der Waals surface area contributed by atoms with Crippen molar-refractivity contribution in [3.05, 3.63) is 12.5 Å². The lowest BCUT2D eigenvalue weighted by Gasteiger charge is -2.17. The van der Waals surface area contributed by atoms with Crippen LogP contribution in [0.1, 0.15) is 0 Å². The molecule has 0 unspecified atom stereocenters. The molecule has 0 atom stereocenters. The molecule has 0 aliphatic heterocycles. The second kappa shape index (κ2) is 4.14. The summed E-state index contributed by atoms with van der Waals surface area (Å²) in [6.45, 7) is 12.9. The van der Waals surface area contributed by atoms with Crippen LogP contribution in [0.4, 0.5) is 0 Å². The Hall–Kier alpha value is -0.226. The van der Waals surface area contributed by atoms with Crippen LogP contribution >= 0.6 is 0 Å². The number of rotatable bonds is 4. The molecule has 0 aromatic heterocycles. The summed E-state index contributed by atoms with van der Waals surface area (Å²) in [5.74, 6) is 0. The Kier molecular flexibility index (Phi) is 4.06. The van der Waals surface area contributed by atoms with Crippen LogP contribution in [0.15, 0.2) is 12.5 Å². The Bertz CT molecular complexity index is 135. The Morgan fingerprint density at radius 2 is 0.917 bits per heavy atom. The van der Waals surface area contributed by atoms with E-state index in [2.05, 4.69) is 39.3 Å². The average Bonchev–Trinajstić information content (AvgIpc) is 1.76. The van der Waals surface area contributed by atoms with Crippen molar-refractivity contribution in [2.24, 2.45) is 0 Å². The number of hydrogen-bond acceptors (Lipinski definition) is 2. The summed E-state index contributed by atoms with van der Waals surface area (Å²) in [5, 5.41) is 0. The smallest absolute Gasteiger partial charge is 0.241 e. The molecule has 0 radical (unpaired) electrons. The van der Waals surface area contributed by atoms with Crippen molar-refractivity contribution in [1.29, 1.82) is 0 Å². The highest BCUT2D eigenvalue weighted by Crippen LogP contribution is 2.05. The first-order valence-electron chi connectivity index (χ1n) is 4.21. The maximum absolute atomic E-state index is 5.48. The molecule has 0 amide bonds. The van der Waals surface area contributed by atoms with Gasteiger partial charge in [0.2, 0.25) is 16.6 Å². The minimum Gasteiger partial charge on any atom is -0.547 e. The Morgan fingerprint density at radius 1 is 0.667 bits per heavy atom. The highest BCUT2D eigenvalue weighted by molar-refractivity contribution is 6.70. The SMILES string of the molecule is C[Si](C)(C)OC=CO[Si](C)(C)C. The molecular formula is C8H20O2Si2. The summed E-state index contributed by atoms with van der Waals surface area (Å²) in [6, 6.07) is 0. The third-order valence-corrected chi connectivity index (χ3v) is 2.59. The topological polar surface area (TPSA) is 18.5 Å². The van der Waals surface area contributed by atoms with E-state index in [4.69, 9.17) is 8.85 Å². The summed E-state index contributed by atoms with van der Waals surface area (Å²) < 4.78 is 11.0. The molecular weight excluding hydrogens is 184 g/mol. The zero-order valence-corrected chi connectivity index (χ0v) is 11.0. The first kappa shape index (κ1) is 11.8. The molecule has 4 heteroatoms. The molecule has 0 saturated carbocycles. The molecule has 0 heterocycles. The quantitative estimate of drug-likeness (QED) is 0.517. The lowest BCUT2D eigenvalue weighted by atomic mass is 11.1. The summed E-state index contributed by atoms with van der Waals surface area (Å²) in [7, 11) is -2.81. The van der Waals surface area contributed by atoms with Crippen LogP contribution in [-0.2, 0) is 8.85 Å². The van der Waals surface area contributed by atoms with Gasteiger partial charge >= 0.3 is 0 Å². The second-order valence-electron chi connectivity index (χ2n) is 4.73. The molecule has 0 aromatic rings. The van der Waals surface area contributed by atoms with Gasteiger partial charge in [0.1, 0.15) is 0 Å². The monoisotopic (exact) mass is 204 g/mol. The zero-order chi connectivity index (χ0) is 9.83. The van der Waals surface area contributed by atoms with Crippen molar-refractivity contribution in [3.63, 3.8) is 0 Å². The highest BCUT2D eigenvalue weighted by atomic mass is 28.4. The molecule has 2 nitrogen and oxygen atoms in total. The molecule has 0 saturated heterocycles. The van der Waals surface area contributed by atoms with E-state index in [0.29, 0.717) is 0 Å². The van der Waals surface area contributed by atoms with E-state index >= 15 is 0 Å². The van der Waals surface area contributed by atoms with Gasteiger partial charge in [-0.2, -0.15) is 0 Å². The largest absolute Gasteiger partial charge is 0.547 e. The normalized spacial score (nSPS) is 13.5. The molecule has 12 heavy (non-hydrogen) atoms. The van der Waals surface area contributed by atoms with Crippen LogP contribution in [0.3, 0.4) is 0 Å². The maximum atomic E-state index is 5.48. The van der Waals surface area contributed by atoms with E-state index in [1.54, 1.807) is 12.5 Å². The molecule has 0 N–H and O–H groups in total. The van der Waals surface area contributed by atoms with Crippen LogP contribution in [0.5, 0.6) is 0 Å². The molecule has 0 bridgehead atoms. The third kappa shape index (κ3) is 9.77. The summed E-state index contributed by atoms with van der Waals surface area (Å²) >= 11 is 0. The summed E-state index contributed by atoms with van der Waals surface area (Å²) in [4.78, 5) is 0. The first-order chi connectivity index (χ1) is 5.21. The molecule has 0 rings (SSSR count). The van der Waals surface area contributed by atoms with E-state index in [1.165, 1.54) is 0 Å². The van der Waals surface area contributed by atoms with Gasteiger partial charge in [-0.15, -0.1) is 0 Å². The van der Waals surface area contributed by atoms with Crippen molar-refractivity contribution in [3.8, 4) is 0 Å². The van der Waals surface area contributed by atoms with Gasteiger partial charge in [0.25, 0.3) is 0 Å². The van der Waals surface area contributed by atoms with Crippen molar-refractivity contribution in [2.75, 3.05) is 0 Å². The van der Waals surface area contributed by atoms with Crippen molar-refractivity contribution in [2.45, 2.75) is 39.3 Å². The zero-order valence-electron chi connectivity index (χ0n) is 8.97. The average molecular weight is 204 g/mol. The van der Waals surface area contributed by atoms with Crippen molar-refractivity contribution in [1.82, 2.24) is 0 Å². The molecule has 0 aromatic carbocycles. The van der Waals surface area contributed by atoms with Crippen molar-refractivity contribution < 1.29 is 8.85 Å². The molecule has 0 aliphatic carbocycles. The van der Waals surface area contributed by atoms with Crippen LogP contribution in [0.2, 0.25) is 39.3 Å². The Labute approximate surface area is 77.8 Å². The lowest BCUT2D eigenvalue weighted by Crippen LogP contribution is -2.24. The van der Waals surface area contributed by atoms with E-state index in [0.717, 1.165) is 0 Å². The van der Waals surface area contributed by atoms with E-state index in [1.807, 2.05) is 0 Å². The highest BCUT2D eigenvalue weighted by Gasteiger charge is 2.15. The number of hydrogen-bond donors (Lipinski definition) is 0. The molecule has 0 aliphatic rings. The van der Waals surface area contributed by atoms with E-state index in [9.17, 15) is 0 Å².